The van der Waals surface area contributed by atoms with E-state index in [1.807, 2.05) is 42.6 Å². The summed E-state index contributed by atoms with van der Waals surface area (Å²) >= 11 is 0. The molecule has 3 aromatic carbocycles. The zero-order chi connectivity index (χ0) is 22.9. The second kappa shape index (κ2) is 8.43. The van der Waals surface area contributed by atoms with E-state index in [4.69, 9.17) is 14.2 Å². The first-order chi connectivity index (χ1) is 16.1. The molecule has 6 nitrogen and oxygen atoms in total. The first-order valence-corrected chi connectivity index (χ1v) is 10.4. The largest absolute Gasteiger partial charge is 0.497 e. The number of hydrogen-bond acceptors (Lipinski definition) is 5. The molecule has 5 rings (SSSR count). The van der Waals surface area contributed by atoms with E-state index in [0.717, 1.165) is 44.7 Å². The molecule has 166 valence electrons. The van der Waals surface area contributed by atoms with E-state index < -0.39 is 0 Å². The molecule has 2 aliphatic heterocycles. The fourth-order valence-corrected chi connectivity index (χ4v) is 4.04. The molecule has 7 heteroatoms. The van der Waals surface area contributed by atoms with Gasteiger partial charge in [-0.05, 0) is 48.0 Å². The normalized spacial score (nSPS) is 11.2. The average Bonchev–Trinajstić information content (AvgIpc) is 3.28. The Morgan fingerprint density at radius 2 is 1.45 bits per heavy atom. The van der Waals surface area contributed by atoms with Crippen molar-refractivity contribution in [3.63, 3.8) is 0 Å². The molecular weight excluding hydrogens is 421 g/mol. The molecule has 0 atom stereocenters. The summed E-state index contributed by atoms with van der Waals surface area (Å²) in [5, 5.41) is 9.91. The fraction of sp³-hybridized carbons (Fsp3) is 0.154. The van der Waals surface area contributed by atoms with Gasteiger partial charge in [0.15, 0.2) is 11.5 Å². The summed E-state index contributed by atoms with van der Waals surface area (Å²) in [6.45, 7) is 0.537. The van der Waals surface area contributed by atoms with E-state index in [1.165, 1.54) is 12.1 Å². The van der Waals surface area contributed by atoms with Gasteiger partial charge >= 0.3 is 0 Å². The Balaban J connectivity index is 1.74. The molecule has 0 aromatic heterocycles. The lowest BCUT2D eigenvalue weighted by molar-refractivity contribution is 0.355. The van der Waals surface area contributed by atoms with Crippen molar-refractivity contribution in [2.24, 2.45) is 0 Å². The zero-order valence-electron chi connectivity index (χ0n) is 18.5. The monoisotopic (exact) mass is 443 g/mol. The summed E-state index contributed by atoms with van der Waals surface area (Å²) in [7, 11) is 4.85. The van der Waals surface area contributed by atoms with E-state index in [9.17, 15) is 4.39 Å². The number of halogens is 1. The van der Waals surface area contributed by atoms with Crippen LogP contribution in [-0.2, 0) is 6.54 Å². The smallest absolute Gasteiger partial charge is 0.162 e. The van der Waals surface area contributed by atoms with Crippen LogP contribution in [0.2, 0.25) is 0 Å². The third kappa shape index (κ3) is 3.71. The van der Waals surface area contributed by atoms with Crippen LogP contribution in [0.25, 0.3) is 33.4 Å². The van der Waals surface area contributed by atoms with Crippen molar-refractivity contribution in [2.45, 2.75) is 6.54 Å². The Morgan fingerprint density at radius 3 is 2.12 bits per heavy atom. The first-order valence-electron chi connectivity index (χ1n) is 10.4. The number of ether oxygens (including phenoxy) is 3. The van der Waals surface area contributed by atoms with E-state index in [0.29, 0.717) is 18.0 Å². The predicted molar refractivity (Wildman–Crippen MR) is 125 cm³/mol. The number of hydrogen-bond donors (Lipinski definition) is 0. The summed E-state index contributed by atoms with van der Waals surface area (Å²) in [6.07, 6.45) is 2.03. The van der Waals surface area contributed by atoms with Crippen molar-refractivity contribution < 1.29 is 18.6 Å². The van der Waals surface area contributed by atoms with E-state index in [2.05, 4.69) is 14.8 Å². The maximum absolute atomic E-state index is 13.5. The number of rotatable bonds is 6. The van der Waals surface area contributed by atoms with Crippen LogP contribution in [0.1, 0.15) is 5.56 Å². The minimum atomic E-state index is -0.262. The molecule has 3 aromatic rings. The summed E-state index contributed by atoms with van der Waals surface area (Å²) in [5.41, 5.74) is 5.26. The van der Waals surface area contributed by atoms with E-state index in [-0.39, 0.29) is 5.82 Å². The van der Waals surface area contributed by atoms with Gasteiger partial charge < -0.3 is 18.8 Å². The zero-order valence-corrected chi connectivity index (χ0v) is 18.5. The highest BCUT2D eigenvalue weighted by molar-refractivity contribution is 5.99. The Labute approximate surface area is 190 Å². The highest BCUT2D eigenvalue weighted by atomic mass is 19.1. The van der Waals surface area contributed by atoms with Crippen LogP contribution in [0, 0.1) is 5.82 Å². The quantitative estimate of drug-likeness (QED) is 0.351. The van der Waals surface area contributed by atoms with Crippen LogP contribution < -0.4 is 14.2 Å². The molecule has 2 aliphatic rings. The molecule has 0 saturated heterocycles. The molecule has 0 fully saturated rings. The Bertz CT molecular complexity index is 1400. The molecule has 0 radical (unpaired) electrons. The Morgan fingerprint density at radius 1 is 0.788 bits per heavy atom. The van der Waals surface area contributed by atoms with E-state index in [1.54, 1.807) is 33.5 Å². The van der Waals surface area contributed by atoms with Crippen molar-refractivity contribution in [1.29, 1.82) is 0 Å². The number of nitrogens with zero attached hydrogens (tertiary/aromatic N) is 3. The molecule has 0 saturated carbocycles. The third-order valence-corrected chi connectivity index (χ3v) is 5.74. The second-order valence-electron chi connectivity index (χ2n) is 7.65. The van der Waals surface area contributed by atoms with Gasteiger partial charge in [0, 0.05) is 35.3 Å². The van der Waals surface area contributed by atoms with Gasteiger partial charge in [0.25, 0.3) is 0 Å². The maximum atomic E-state index is 13.5. The number of aromatic nitrogens is 3. The number of benzene rings is 3. The summed E-state index contributed by atoms with van der Waals surface area (Å²) in [6, 6.07) is 18.1. The molecule has 33 heavy (non-hydrogen) atoms. The lowest BCUT2D eigenvalue weighted by atomic mass is 10.0. The lowest BCUT2D eigenvalue weighted by Gasteiger charge is -2.17. The van der Waals surface area contributed by atoms with Crippen LogP contribution in [0.3, 0.4) is 0 Å². The van der Waals surface area contributed by atoms with Gasteiger partial charge in [0.05, 0.1) is 26.8 Å². The molecule has 2 heterocycles. The Kier molecular flexibility index (Phi) is 5.30. The van der Waals surface area contributed by atoms with E-state index >= 15 is 0 Å². The highest BCUT2D eigenvalue weighted by Crippen LogP contribution is 2.41. The second-order valence-corrected chi connectivity index (χ2v) is 7.65. The van der Waals surface area contributed by atoms with Crippen LogP contribution in [-0.4, -0.2) is 36.1 Å². The third-order valence-electron chi connectivity index (χ3n) is 5.74. The molecule has 0 bridgehead atoms. The minimum Gasteiger partial charge on any atom is -0.497 e. The molecule has 0 spiro atoms. The van der Waals surface area contributed by atoms with Gasteiger partial charge in [-0.2, -0.15) is 0 Å². The topological polar surface area (TPSA) is 58.4 Å². The standard InChI is InChI=1S/C26H22FN3O3/c1-31-19-10-6-17(7-11-19)25-21-15-30(14-16-4-8-18(27)9-5-16)22-13-24(33-3)23(32-2)12-20(22)26(21)29-28-25/h4-13,15H,14H2,1-3H3. The van der Waals surface area contributed by atoms with Gasteiger partial charge in [-0.3, -0.25) is 0 Å². The van der Waals surface area contributed by atoms with Gasteiger partial charge in [0.2, 0.25) is 0 Å². The van der Waals surface area contributed by atoms with Gasteiger partial charge in [0.1, 0.15) is 23.0 Å². The molecule has 0 N–H and O–H groups in total. The van der Waals surface area contributed by atoms with Crippen LogP contribution >= 0.6 is 0 Å². The van der Waals surface area contributed by atoms with Crippen molar-refractivity contribution in [3.8, 4) is 39.8 Å². The summed E-state index contributed by atoms with van der Waals surface area (Å²) in [5.74, 6) is 1.74. The molecular formula is C26H22FN3O3. The van der Waals surface area contributed by atoms with Crippen molar-refractivity contribution >= 4 is 10.9 Å². The van der Waals surface area contributed by atoms with Crippen molar-refractivity contribution in [1.82, 2.24) is 14.8 Å². The van der Waals surface area contributed by atoms with Gasteiger partial charge in [-0.1, -0.05) is 12.1 Å². The number of fused-ring (bicyclic) bond motifs is 3. The van der Waals surface area contributed by atoms with Crippen LogP contribution in [0.5, 0.6) is 17.2 Å². The predicted octanol–water partition coefficient (Wildman–Crippen LogP) is 5.42. The van der Waals surface area contributed by atoms with Crippen LogP contribution in [0.4, 0.5) is 4.39 Å². The summed E-state index contributed by atoms with van der Waals surface area (Å²) in [4.78, 5) is 0. The van der Waals surface area contributed by atoms with Crippen LogP contribution in [0.15, 0.2) is 66.9 Å². The SMILES string of the molecule is COc1ccc(-c2nnc3c4cc(OC)c(OC)cc4n(Cc4ccc(F)cc4)cc2-3)cc1. The minimum absolute atomic E-state index is 0.262. The maximum Gasteiger partial charge on any atom is 0.162 e. The highest BCUT2D eigenvalue weighted by Gasteiger charge is 2.22. The number of methoxy groups -OCH3 is 3. The Hall–Kier alpha value is -4.13. The molecule has 0 unspecified atom stereocenters. The molecule has 0 amide bonds. The fourth-order valence-electron chi connectivity index (χ4n) is 4.04. The summed E-state index contributed by atoms with van der Waals surface area (Å²) < 4.78 is 31.9. The average molecular weight is 443 g/mol. The first kappa shape index (κ1) is 20.8. The van der Waals surface area contributed by atoms with Crippen molar-refractivity contribution in [2.75, 3.05) is 21.3 Å². The van der Waals surface area contributed by atoms with Crippen molar-refractivity contribution in [3.05, 3.63) is 78.2 Å². The van der Waals surface area contributed by atoms with Gasteiger partial charge in [-0.25, -0.2) is 4.39 Å². The molecule has 0 aliphatic carbocycles. The lowest BCUT2D eigenvalue weighted by Crippen LogP contribution is -2.05. The number of pyridine rings is 1. The van der Waals surface area contributed by atoms with Gasteiger partial charge in [-0.15, -0.1) is 10.2 Å².